The third kappa shape index (κ3) is 4.41. The number of nitrogens with one attached hydrogen (secondary N) is 1. The van der Waals surface area contributed by atoms with Crippen molar-refractivity contribution in [3.63, 3.8) is 0 Å². The Morgan fingerprint density at radius 2 is 1.94 bits per heavy atom. The fraction of sp³-hybridized carbons (Fsp3) is 0.704. The zero-order valence-corrected chi connectivity index (χ0v) is 21.7. The standard InChI is InChI=1S/C27H40N4O2S/c1-3-21-12-7-8-14-29(21)15-9-16-31-25(32)23-18-24-22(13-17-34-24)30(23)19-27(31,2)26(33)28-20-10-5-4-6-11-20/h13,17-18,20-21H,3-12,14-16,19H2,1-2H3,(H,28,33)/t21-,27-/m0/s1. The van der Waals surface area contributed by atoms with Gasteiger partial charge < -0.3 is 19.7 Å². The molecule has 2 amide bonds. The van der Waals surface area contributed by atoms with Crippen LogP contribution in [0.5, 0.6) is 0 Å². The van der Waals surface area contributed by atoms with Crippen molar-refractivity contribution in [2.45, 2.75) is 102 Å². The quantitative estimate of drug-likeness (QED) is 0.600. The third-order valence-corrected chi connectivity index (χ3v) is 9.38. The molecule has 0 spiro atoms. The Labute approximate surface area is 207 Å². The zero-order valence-electron chi connectivity index (χ0n) is 20.9. The van der Waals surface area contributed by atoms with Gasteiger partial charge in [-0.3, -0.25) is 9.59 Å². The van der Waals surface area contributed by atoms with Crippen molar-refractivity contribution in [3.05, 3.63) is 23.2 Å². The highest BCUT2D eigenvalue weighted by molar-refractivity contribution is 7.17. The van der Waals surface area contributed by atoms with E-state index in [0.29, 0.717) is 19.1 Å². The predicted molar refractivity (Wildman–Crippen MR) is 138 cm³/mol. The first kappa shape index (κ1) is 23.9. The molecule has 2 aliphatic heterocycles. The van der Waals surface area contributed by atoms with E-state index in [1.165, 1.54) is 44.9 Å². The van der Waals surface area contributed by atoms with Crippen molar-refractivity contribution in [2.75, 3.05) is 19.6 Å². The van der Waals surface area contributed by atoms with E-state index in [4.69, 9.17) is 0 Å². The van der Waals surface area contributed by atoms with Crippen molar-refractivity contribution in [3.8, 4) is 0 Å². The lowest BCUT2D eigenvalue weighted by atomic mass is 9.91. The number of rotatable bonds is 7. The van der Waals surface area contributed by atoms with Crippen molar-refractivity contribution >= 4 is 33.4 Å². The molecular formula is C27H40N4O2S. The molecule has 0 radical (unpaired) electrons. The second-order valence-electron chi connectivity index (χ2n) is 10.8. The van der Waals surface area contributed by atoms with Crippen LogP contribution < -0.4 is 5.32 Å². The minimum atomic E-state index is -0.874. The summed E-state index contributed by atoms with van der Waals surface area (Å²) >= 11 is 1.66. The Bertz CT molecular complexity index is 1020. The maximum atomic E-state index is 13.8. The molecule has 0 unspecified atom stereocenters. The highest BCUT2D eigenvalue weighted by Crippen LogP contribution is 2.35. The number of piperidine rings is 1. The first-order valence-corrected chi connectivity index (χ1v) is 14.3. The number of thiophene rings is 1. The van der Waals surface area contributed by atoms with Crippen LogP contribution in [0.15, 0.2) is 17.5 Å². The van der Waals surface area contributed by atoms with Gasteiger partial charge in [0.25, 0.3) is 5.91 Å². The van der Waals surface area contributed by atoms with E-state index in [1.807, 2.05) is 17.9 Å². The molecule has 1 N–H and O–H groups in total. The molecule has 0 bridgehead atoms. The maximum absolute atomic E-state index is 13.8. The molecule has 1 saturated carbocycles. The minimum absolute atomic E-state index is 0.00151. The first-order valence-electron chi connectivity index (χ1n) is 13.4. The summed E-state index contributed by atoms with van der Waals surface area (Å²) in [6, 6.07) is 5.00. The van der Waals surface area contributed by atoms with Crippen LogP contribution in [0.4, 0.5) is 0 Å². The molecule has 0 aromatic carbocycles. The van der Waals surface area contributed by atoms with Crippen molar-refractivity contribution in [1.29, 1.82) is 0 Å². The molecule has 2 fully saturated rings. The van der Waals surface area contributed by atoms with E-state index in [1.54, 1.807) is 11.3 Å². The molecule has 7 heteroatoms. The summed E-state index contributed by atoms with van der Waals surface area (Å²) in [6.45, 7) is 7.57. The number of likely N-dealkylation sites (tertiary alicyclic amines) is 1. The van der Waals surface area contributed by atoms with Gasteiger partial charge in [0.05, 0.1) is 16.8 Å². The molecule has 2 atom stereocenters. The largest absolute Gasteiger partial charge is 0.351 e. The fourth-order valence-corrected chi connectivity index (χ4v) is 7.28. The van der Waals surface area contributed by atoms with Crippen molar-refractivity contribution in [2.24, 2.45) is 0 Å². The Morgan fingerprint density at radius 3 is 2.74 bits per heavy atom. The normalized spacial score (nSPS) is 26.7. The second kappa shape index (κ2) is 10.0. The van der Waals surface area contributed by atoms with E-state index < -0.39 is 5.54 Å². The van der Waals surface area contributed by atoms with Crippen molar-refractivity contribution < 1.29 is 9.59 Å². The number of hydrogen-bond donors (Lipinski definition) is 1. The second-order valence-corrected chi connectivity index (χ2v) is 11.7. The van der Waals surface area contributed by atoms with Gasteiger partial charge in [-0.1, -0.05) is 32.6 Å². The molecule has 1 saturated heterocycles. The fourth-order valence-electron chi connectivity index (χ4n) is 6.46. The molecule has 4 heterocycles. The van der Waals surface area contributed by atoms with Gasteiger partial charge in [-0.25, -0.2) is 0 Å². The first-order chi connectivity index (χ1) is 16.5. The van der Waals surface area contributed by atoms with Crippen LogP contribution in [0, 0.1) is 0 Å². The Hall–Kier alpha value is -1.86. The molecule has 6 nitrogen and oxygen atoms in total. The van der Waals surface area contributed by atoms with E-state index in [-0.39, 0.29) is 17.9 Å². The van der Waals surface area contributed by atoms with Crippen LogP contribution in [0.3, 0.4) is 0 Å². The van der Waals surface area contributed by atoms with Crippen molar-refractivity contribution in [1.82, 2.24) is 19.7 Å². The monoisotopic (exact) mass is 484 g/mol. The maximum Gasteiger partial charge on any atom is 0.271 e. The van der Waals surface area contributed by atoms with Crippen LogP contribution in [0.25, 0.3) is 10.2 Å². The lowest BCUT2D eigenvalue weighted by Gasteiger charge is -2.45. The molecule has 34 heavy (non-hydrogen) atoms. The summed E-state index contributed by atoms with van der Waals surface area (Å²) in [6.07, 6.45) is 11.7. The van der Waals surface area contributed by atoms with Crippen LogP contribution in [0.2, 0.25) is 0 Å². The third-order valence-electron chi connectivity index (χ3n) is 8.53. The van der Waals surface area contributed by atoms with Crippen LogP contribution in [-0.4, -0.2) is 63.4 Å². The average molecular weight is 485 g/mol. The number of fused-ring (bicyclic) bond motifs is 3. The van der Waals surface area contributed by atoms with E-state index >= 15 is 0 Å². The van der Waals surface area contributed by atoms with Gasteiger partial charge in [0.1, 0.15) is 11.2 Å². The molecule has 2 aromatic heterocycles. The summed E-state index contributed by atoms with van der Waals surface area (Å²) in [4.78, 5) is 32.1. The van der Waals surface area contributed by atoms with Gasteiger partial charge in [-0.15, -0.1) is 11.3 Å². The molecular weight excluding hydrogens is 444 g/mol. The number of nitrogens with zero attached hydrogens (tertiary/aromatic N) is 3. The topological polar surface area (TPSA) is 57.6 Å². The molecule has 2 aromatic rings. The highest BCUT2D eigenvalue weighted by atomic mass is 32.1. The van der Waals surface area contributed by atoms with Gasteiger partial charge in [0.15, 0.2) is 0 Å². The van der Waals surface area contributed by atoms with Gasteiger partial charge in [-0.2, -0.15) is 0 Å². The predicted octanol–water partition coefficient (Wildman–Crippen LogP) is 5.02. The lowest BCUT2D eigenvalue weighted by molar-refractivity contribution is -0.133. The summed E-state index contributed by atoms with van der Waals surface area (Å²) in [7, 11) is 0. The number of carbonyl (C=O) groups is 2. The Kier molecular flexibility index (Phi) is 7.03. The summed E-state index contributed by atoms with van der Waals surface area (Å²) in [5.74, 6) is 0.0153. The summed E-state index contributed by atoms with van der Waals surface area (Å²) in [5.41, 5.74) is 0.930. The SMILES string of the molecule is CC[C@H]1CCCCN1CCCN1C(=O)c2cc3sccc3n2C[C@@]1(C)C(=O)NC1CCCCC1. The number of hydrogen-bond acceptors (Lipinski definition) is 4. The molecule has 1 aliphatic carbocycles. The minimum Gasteiger partial charge on any atom is -0.351 e. The smallest absolute Gasteiger partial charge is 0.271 e. The Balaban J connectivity index is 1.37. The van der Waals surface area contributed by atoms with E-state index in [0.717, 1.165) is 48.3 Å². The molecule has 3 aliphatic rings. The highest BCUT2D eigenvalue weighted by Gasteiger charge is 2.48. The average Bonchev–Trinajstić information content (AvgIpc) is 3.44. The van der Waals surface area contributed by atoms with Gasteiger partial charge in [-0.05, 0) is 69.5 Å². The number of amides is 2. The van der Waals surface area contributed by atoms with Gasteiger partial charge in [0, 0.05) is 25.2 Å². The number of aromatic nitrogens is 1. The summed E-state index contributed by atoms with van der Waals surface area (Å²) in [5, 5.41) is 5.41. The zero-order chi connectivity index (χ0) is 23.7. The summed E-state index contributed by atoms with van der Waals surface area (Å²) < 4.78 is 3.21. The lowest BCUT2D eigenvalue weighted by Crippen LogP contribution is -2.65. The number of carbonyl (C=O) groups excluding carboxylic acids is 2. The van der Waals surface area contributed by atoms with Crippen LogP contribution in [-0.2, 0) is 11.3 Å². The van der Waals surface area contributed by atoms with Crippen LogP contribution in [0.1, 0.15) is 88.5 Å². The van der Waals surface area contributed by atoms with Gasteiger partial charge in [0.2, 0.25) is 5.91 Å². The van der Waals surface area contributed by atoms with E-state index in [2.05, 4.69) is 33.2 Å². The van der Waals surface area contributed by atoms with E-state index in [9.17, 15) is 9.59 Å². The van der Waals surface area contributed by atoms with Crippen LogP contribution >= 0.6 is 11.3 Å². The Morgan fingerprint density at radius 1 is 1.15 bits per heavy atom. The molecule has 186 valence electrons. The molecule has 5 rings (SSSR count). The van der Waals surface area contributed by atoms with Gasteiger partial charge >= 0.3 is 0 Å².